The summed E-state index contributed by atoms with van der Waals surface area (Å²) < 4.78 is 0. The summed E-state index contributed by atoms with van der Waals surface area (Å²) in [4.78, 5) is 11.3. The number of urea groups is 1. The quantitative estimate of drug-likeness (QED) is 0.631. The van der Waals surface area contributed by atoms with Crippen LogP contribution in [0.25, 0.3) is 0 Å². The van der Waals surface area contributed by atoms with E-state index in [9.17, 15) is 4.79 Å². The first-order valence-electron chi connectivity index (χ1n) is 5.48. The van der Waals surface area contributed by atoms with Gasteiger partial charge in [0.25, 0.3) is 0 Å². The van der Waals surface area contributed by atoms with Crippen molar-refractivity contribution < 1.29 is 4.79 Å². The van der Waals surface area contributed by atoms with Crippen molar-refractivity contribution in [2.45, 2.75) is 51.1 Å². The summed E-state index contributed by atoms with van der Waals surface area (Å²) in [6.45, 7) is 2.60. The molecule has 0 aromatic carbocycles. The van der Waals surface area contributed by atoms with Crippen molar-refractivity contribution in [2.24, 2.45) is 5.73 Å². The van der Waals surface area contributed by atoms with Crippen molar-refractivity contribution in [3.8, 4) is 0 Å². The molecule has 4 nitrogen and oxygen atoms in total. The van der Waals surface area contributed by atoms with E-state index in [-0.39, 0.29) is 12.1 Å². The van der Waals surface area contributed by atoms with E-state index in [1.54, 1.807) is 0 Å². The molecule has 0 radical (unpaired) electrons. The topological polar surface area (TPSA) is 67.1 Å². The fourth-order valence-electron chi connectivity index (χ4n) is 1.72. The van der Waals surface area contributed by atoms with E-state index in [0.29, 0.717) is 12.6 Å². The van der Waals surface area contributed by atoms with Crippen LogP contribution in [0.5, 0.6) is 0 Å². The van der Waals surface area contributed by atoms with Gasteiger partial charge in [0.15, 0.2) is 0 Å². The van der Waals surface area contributed by atoms with Gasteiger partial charge >= 0.3 is 6.03 Å². The molecule has 1 atom stereocenters. The van der Waals surface area contributed by atoms with Crippen LogP contribution in [0.2, 0.25) is 0 Å². The first kappa shape index (κ1) is 11.3. The number of amides is 2. The summed E-state index contributed by atoms with van der Waals surface area (Å²) in [5.74, 6) is 0. The maximum Gasteiger partial charge on any atom is 0.315 e. The van der Waals surface area contributed by atoms with Crippen molar-refractivity contribution >= 4 is 6.03 Å². The van der Waals surface area contributed by atoms with Crippen molar-refractivity contribution in [3.63, 3.8) is 0 Å². The molecule has 4 N–H and O–H groups in total. The highest BCUT2D eigenvalue weighted by Gasteiger charge is 2.16. The van der Waals surface area contributed by atoms with Crippen molar-refractivity contribution in [3.05, 3.63) is 0 Å². The van der Waals surface area contributed by atoms with Gasteiger partial charge in [-0.3, -0.25) is 0 Å². The highest BCUT2D eigenvalue weighted by molar-refractivity contribution is 5.74. The van der Waals surface area contributed by atoms with E-state index < -0.39 is 0 Å². The molecule has 1 fully saturated rings. The van der Waals surface area contributed by atoms with Gasteiger partial charge in [-0.1, -0.05) is 12.8 Å². The van der Waals surface area contributed by atoms with Crippen LogP contribution in [0.3, 0.4) is 0 Å². The first-order valence-corrected chi connectivity index (χ1v) is 5.48. The van der Waals surface area contributed by atoms with Crippen LogP contribution in [-0.2, 0) is 0 Å². The molecule has 1 unspecified atom stereocenters. The Hall–Kier alpha value is -0.770. The van der Waals surface area contributed by atoms with Gasteiger partial charge in [0.05, 0.1) is 0 Å². The molecule has 0 spiro atoms. The molecule has 14 heavy (non-hydrogen) atoms. The van der Waals surface area contributed by atoms with Crippen molar-refractivity contribution in [1.82, 2.24) is 10.6 Å². The fourth-order valence-corrected chi connectivity index (χ4v) is 1.72. The highest BCUT2D eigenvalue weighted by Crippen LogP contribution is 2.17. The molecule has 2 amide bonds. The van der Waals surface area contributed by atoms with E-state index in [1.165, 1.54) is 12.8 Å². The van der Waals surface area contributed by atoms with E-state index in [4.69, 9.17) is 5.73 Å². The summed E-state index contributed by atoms with van der Waals surface area (Å²) in [6.07, 6.45) is 5.56. The maximum absolute atomic E-state index is 11.3. The zero-order valence-corrected chi connectivity index (χ0v) is 8.88. The normalized spacial score (nSPS) is 19.3. The largest absolute Gasteiger partial charge is 0.338 e. The summed E-state index contributed by atoms with van der Waals surface area (Å²) in [5.41, 5.74) is 5.57. The minimum atomic E-state index is -0.0439. The van der Waals surface area contributed by atoms with Gasteiger partial charge < -0.3 is 16.4 Å². The number of nitrogens with two attached hydrogens (primary N) is 1. The third-order valence-electron chi connectivity index (χ3n) is 2.58. The Morgan fingerprint density at radius 2 is 2.14 bits per heavy atom. The summed E-state index contributed by atoms with van der Waals surface area (Å²) in [7, 11) is 0. The average molecular weight is 199 g/mol. The summed E-state index contributed by atoms with van der Waals surface area (Å²) in [5, 5.41) is 5.77. The van der Waals surface area contributed by atoms with Crippen LogP contribution in [-0.4, -0.2) is 24.7 Å². The van der Waals surface area contributed by atoms with Gasteiger partial charge in [-0.25, -0.2) is 4.79 Å². The third kappa shape index (κ3) is 4.46. The van der Waals surface area contributed by atoms with Crippen LogP contribution >= 0.6 is 0 Å². The molecule has 1 rings (SSSR count). The Bertz CT molecular complexity index is 176. The zero-order chi connectivity index (χ0) is 10.4. The van der Waals surface area contributed by atoms with E-state index in [1.807, 2.05) is 6.92 Å². The van der Waals surface area contributed by atoms with Crippen LogP contribution in [0, 0.1) is 0 Å². The lowest BCUT2D eigenvalue weighted by Gasteiger charge is -2.13. The predicted octanol–water partition coefficient (Wildman–Crippen LogP) is 0.965. The molecule has 1 aliphatic rings. The summed E-state index contributed by atoms with van der Waals surface area (Å²) >= 11 is 0. The van der Waals surface area contributed by atoms with Gasteiger partial charge in [0, 0.05) is 18.6 Å². The second-order valence-corrected chi connectivity index (χ2v) is 4.15. The Labute approximate surface area is 85.6 Å². The molecular weight excluding hydrogens is 178 g/mol. The molecule has 1 saturated carbocycles. The predicted molar refractivity (Wildman–Crippen MR) is 57.1 cm³/mol. The van der Waals surface area contributed by atoms with Gasteiger partial charge in [-0.05, 0) is 26.2 Å². The minimum Gasteiger partial charge on any atom is -0.338 e. The number of rotatable bonds is 4. The fraction of sp³-hybridized carbons (Fsp3) is 0.900. The third-order valence-corrected chi connectivity index (χ3v) is 2.58. The lowest BCUT2D eigenvalue weighted by Crippen LogP contribution is -2.42. The molecule has 82 valence electrons. The van der Waals surface area contributed by atoms with Crippen molar-refractivity contribution in [2.75, 3.05) is 6.54 Å². The Kier molecular flexibility index (Phi) is 4.73. The smallest absolute Gasteiger partial charge is 0.315 e. The summed E-state index contributed by atoms with van der Waals surface area (Å²) in [6, 6.07) is 0.504. The molecule has 4 heteroatoms. The number of hydrogen-bond acceptors (Lipinski definition) is 2. The molecular formula is C10H21N3O. The number of carbonyl (C=O) groups is 1. The van der Waals surface area contributed by atoms with E-state index in [0.717, 1.165) is 19.3 Å². The molecule has 1 aliphatic carbocycles. The monoisotopic (exact) mass is 199 g/mol. The van der Waals surface area contributed by atoms with Gasteiger partial charge in [-0.2, -0.15) is 0 Å². The molecule has 0 saturated heterocycles. The molecule has 0 heterocycles. The van der Waals surface area contributed by atoms with Gasteiger partial charge in [0.1, 0.15) is 0 Å². The van der Waals surface area contributed by atoms with Crippen molar-refractivity contribution in [1.29, 1.82) is 0 Å². The maximum atomic E-state index is 11.3. The molecule has 0 aliphatic heterocycles. The first-order chi connectivity index (χ1) is 6.68. The van der Waals surface area contributed by atoms with Crippen LogP contribution in [0.15, 0.2) is 0 Å². The van der Waals surface area contributed by atoms with Gasteiger partial charge in [-0.15, -0.1) is 0 Å². The second kappa shape index (κ2) is 5.86. The molecule has 0 bridgehead atoms. The van der Waals surface area contributed by atoms with Gasteiger partial charge in [0.2, 0.25) is 0 Å². The lowest BCUT2D eigenvalue weighted by atomic mass is 10.2. The number of nitrogens with one attached hydrogen (secondary N) is 2. The minimum absolute atomic E-state index is 0.0439. The second-order valence-electron chi connectivity index (χ2n) is 4.15. The van der Waals surface area contributed by atoms with E-state index >= 15 is 0 Å². The lowest BCUT2D eigenvalue weighted by molar-refractivity contribution is 0.237. The Morgan fingerprint density at radius 3 is 2.71 bits per heavy atom. The zero-order valence-electron chi connectivity index (χ0n) is 8.88. The highest BCUT2D eigenvalue weighted by atomic mass is 16.2. The Balaban J connectivity index is 2.03. The average Bonchev–Trinajstić information content (AvgIpc) is 2.56. The van der Waals surface area contributed by atoms with E-state index in [2.05, 4.69) is 10.6 Å². The van der Waals surface area contributed by atoms with Crippen LogP contribution < -0.4 is 16.4 Å². The number of hydrogen-bond donors (Lipinski definition) is 3. The van der Waals surface area contributed by atoms with Crippen LogP contribution in [0.4, 0.5) is 4.79 Å². The Morgan fingerprint density at radius 1 is 1.50 bits per heavy atom. The number of carbonyl (C=O) groups excluding carboxylic acids is 1. The van der Waals surface area contributed by atoms with Crippen LogP contribution in [0.1, 0.15) is 39.0 Å². The SMILES string of the molecule is CC(N)CCNC(=O)NC1CCCC1. The molecule has 0 aromatic heterocycles. The molecule has 0 aromatic rings. The standard InChI is InChI=1S/C10H21N3O/c1-8(11)6-7-12-10(14)13-9-4-2-3-5-9/h8-9H,2-7,11H2,1H3,(H2,12,13,14).